The molecule has 2 N–H and O–H groups in total. The van der Waals surface area contributed by atoms with Crippen LogP contribution in [0, 0.1) is 20.2 Å². The minimum Gasteiger partial charge on any atom is -0.502 e. The Bertz CT molecular complexity index is 981. The molecule has 0 unspecified atom stereocenters. The zero-order valence-corrected chi connectivity index (χ0v) is 15.2. The Labute approximate surface area is 166 Å². The number of hydrogen-bond donors (Lipinski definition) is 2. The molecule has 146 valence electrons. The summed E-state index contributed by atoms with van der Waals surface area (Å²) in [6, 6.07) is 5.86. The number of nitrogens with zero attached hydrogens (tertiary/aromatic N) is 3. The smallest absolute Gasteiger partial charge is 0.318 e. The number of rotatable bonds is 7. The van der Waals surface area contributed by atoms with Crippen LogP contribution in [0.2, 0.25) is 10.0 Å². The first-order valence-electron chi connectivity index (χ1n) is 7.24. The first-order valence-corrected chi connectivity index (χ1v) is 8.00. The van der Waals surface area contributed by atoms with Gasteiger partial charge < -0.3 is 9.84 Å². The van der Waals surface area contributed by atoms with Crippen LogP contribution in [0.1, 0.15) is 5.56 Å². The highest BCUT2D eigenvalue weighted by Gasteiger charge is 2.23. The van der Waals surface area contributed by atoms with Gasteiger partial charge >= 0.3 is 5.69 Å². The lowest BCUT2D eigenvalue weighted by atomic mass is 10.1. The van der Waals surface area contributed by atoms with Crippen molar-refractivity contribution in [2.45, 2.75) is 0 Å². The second-order valence-corrected chi connectivity index (χ2v) is 5.92. The van der Waals surface area contributed by atoms with Gasteiger partial charge in [-0.2, -0.15) is 5.10 Å². The minimum atomic E-state index is -0.984. The van der Waals surface area contributed by atoms with E-state index in [0.29, 0.717) is 11.1 Å². The van der Waals surface area contributed by atoms with Gasteiger partial charge in [-0.25, -0.2) is 5.43 Å². The maximum absolute atomic E-state index is 11.7. The molecule has 0 aliphatic rings. The summed E-state index contributed by atoms with van der Waals surface area (Å²) in [7, 11) is 0. The zero-order chi connectivity index (χ0) is 20.8. The summed E-state index contributed by atoms with van der Waals surface area (Å²) in [5, 5.41) is 35.6. The molecule has 0 aliphatic carbocycles. The number of aromatic hydroxyl groups is 1. The number of benzene rings is 2. The van der Waals surface area contributed by atoms with E-state index in [9.17, 15) is 30.1 Å². The lowest BCUT2D eigenvalue weighted by Crippen LogP contribution is -2.24. The highest BCUT2D eigenvalue weighted by Crippen LogP contribution is 2.33. The fraction of sp³-hybridized carbons (Fsp3) is 0.0667. The maximum atomic E-state index is 11.7. The topological polar surface area (TPSA) is 157 Å². The standard InChI is InChI=1S/C15H10Cl2N4O7/c16-9-1-2-13(11(17)4-9)28-7-14(22)19-18-6-8-3-10(20(24)25)5-12(15(8)23)21(26)27/h1-6,23H,7H2,(H,19,22)/b18-6+. The van der Waals surface area contributed by atoms with E-state index in [0.717, 1.165) is 12.3 Å². The van der Waals surface area contributed by atoms with Crippen LogP contribution in [0.25, 0.3) is 0 Å². The Kier molecular flexibility index (Phi) is 6.69. The molecule has 0 saturated carbocycles. The Morgan fingerprint density at radius 3 is 2.54 bits per heavy atom. The van der Waals surface area contributed by atoms with Crippen LogP contribution >= 0.6 is 23.2 Å². The fourth-order valence-corrected chi connectivity index (χ4v) is 2.37. The third-order valence-electron chi connectivity index (χ3n) is 3.16. The van der Waals surface area contributed by atoms with Gasteiger partial charge in [0.05, 0.1) is 32.7 Å². The second-order valence-electron chi connectivity index (χ2n) is 5.07. The van der Waals surface area contributed by atoms with Gasteiger partial charge in [0.2, 0.25) is 5.75 Å². The van der Waals surface area contributed by atoms with Crippen LogP contribution in [0.3, 0.4) is 0 Å². The minimum absolute atomic E-state index is 0.192. The van der Waals surface area contributed by atoms with E-state index in [-0.39, 0.29) is 16.3 Å². The summed E-state index contributed by atoms with van der Waals surface area (Å²) in [4.78, 5) is 31.6. The van der Waals surface area contributed by atoms with Crippen LogP contribution in [-0.2, 0) is 4.79 Å². The first kappa shape index (κ1) is 20.9. The Morgan fingerprint density at radius 2 is 1.93 bits per heavy atom. The van der Waals surface area contributed by atoms with Crippen LogP contribution < -0.4 is 10.2 Å². The van der Waals surface area contributed by atoms with E-state index in [1.54, 1.807) is 0 Å². The maximum Gasteiger partial charge on any atom is 0.318 e. The molecule has 0 atom stereocenters. The van der Waals surface area contributed by atoms with E-state index < -0.39 is 39.5 Å². The predicted molar refractivity (Wildman–Crippen MR) is 99.1 cm³/mol. The van der Waals surface area contributed by atoms with Crippen LogP contribution in [-0.4, -0.2) is 33.7 Å². The van der Waals surface area contributed by atoms with Crippen molar-refractivity contribution in [3.05, 3.63) is 66.2 Å². The molecule has 0 aromatic heterocycles. The molecule has 2 aromatic rings. The summed E-state index contributed by atoms with van der Waals surface area (Å²) < 4.78 is 5.18. The highest BCUT2D eigenvalue weighted by molar-refractivity contribution is 6.35. The molecule has 2 rings (SSSR count). The molecular weight excluding hydrogens is 419 g/mol. The molecule has 0 heterocycles. The molecule has 0 spiro atoms. The fourth-order valence-electron chi connectivity index (χ4n) is 1.91. The van der Waals surface area contributed by atoms with Crippen molar-refractivity contribution in [2.24, 2.45) is 5.10 Å². The highest BCUT2D eigenvalue weighted by atomic mass is 35.5. The predicted octanol–water partition coefficient (Wildman–Crippen LogP) is 3.04. The number of phenolic OH excluding ortho intramolecular Hbond substituents is 1. The molecule has 0 aliphatic heterocycles. The Balaban J connectivity index is 2.06. The first-order chi connectivity index (χ1) is 13.2. The van der Waals surface area contributed by atoms with Gasteiger partial charge in [0.1, 0.15) is 5.75 Å². The molecule has 13 heteroatoms. The van der Waals surface area contributed by atoms with Crippen LogP contribution in [0.4, 0.5) is 11.4 Å². The Hall–Kier alpha value is -3.44. The van der Waals surface area contributed by atoms with Gasteiger partial charge in [0.15, 0.2) is 6.61 Å². The van der Waals surface area contributed by atoms with Gasteiger partial charge in [-0.3, -0.25) is 25.0 Å². The van der Waals surface area contributed by atoms with Crippen LogP contribution in [0.15, 0.2) is 35.4 Å². The number of nitro benzene ring substituents is 2. The van der Waals surface area contributed by atoms with Crippen molar-refractivity contribution >= 4 is 46.7 Å². The van der Waals surface area contributed by atoms with E-state index in [1.165, 1.54) is 18.2 Å². The van der Waals surface area contributed by atoms with Crippen molar-refractivity contribution in [1.29, 1.82) is 0 Å². The molecule has 11 nitrogen and oxygen atoms in total. The lowest BCUT2D eigenvalue weighted by molar-refractivity contribution is -0.394. The van der Waals surface area contributed by atoms with E-state index in [2.05, 4.69) is 5.10 Å². The number of non-ortho nitro benzene ring substituents is 1. The largest absolute Gasteiger partial charge is 0.502 e. The average molecular weight is 429 g/mol. The average Bonchev–Trinajstić information content (AvgIpc) is 2.61. The molecular formula is C15H10Cl2N4O7. The molecule has 2 aromatic carbocycles. The number of carbonyl (C=O) groups is 1. The number of phenols is 1. The number of amides is 1. The normalized spacial score (nSPS) is 10.6. The number of ether oxygens (including phenoxy) is 1. The summed E-state index contributed by atoms with van der Waals surface area (Å²) >= 11 is 11.6. The zero-order valence-electron chi connectivity index (χ0n) is 13.7. The molecule has 0 saturated heterocycles. The van der Waals surface area contributed by atoms with Crippen LogP contribution in [0.5, 0.6) is 11.5 Å². The van der Waals surface area contributed by atoms with Gasteiger partial charge in [-0.1, -0.05) is 23.2 Å². The summed E-state index contributed by atoms with van der Waals surface area (Å²) in [6.45, 7) is -0.472. The quantitative estimate of drug-likeness (QED) is 0.389. The molecule has 0 bridgehead atoms. The second kappa shape index (κ2) is 8.97. The van der Waals surface area contributed by atoms with Gasteiger partial charge in [-0.15, -0.1) is 0 Å². The van der Waals surface area contributed by atoms with Crippen molar-refractivity contribution in [3.8, 4) is 11.5 Å². The number of carbonyl (C=O) groups excluding carboxylic acids is 1. The molecule has 0 radical (unpaired) electrons. The molecule has 1 amide bonds. The van der Waals surface area contributed by atoms with Crippen molar-refractivity contribution in [1.82, 2.24) is 5.43 Å². The monoisotopic (exact) mass is 428 g/mol. The van der Waals surface area contributed by atoms with Gasteiger partial charge in [0.25, 0.3) is 11.6 Å². The molecule has 28 heavy (non-hydrogen) atoms. The third kappa shape index (κ3) is 5.28. The SMILES string of the molecule is O=C(COc1ccc(Cl)cc1Cl)N/N=C/c1cc([N+](=O)[O-])cc([N+](=O)[O-])c1O. The summed E-state index contributed by atoms with van der Waals surface area (Å²) in [5.41, 5.74) is 0.212. The van der Waals surface area contributed by atoms with Crippen molar-refractivity contribution < 1.29 is 24.5 Å². The van der Waals surface area contributed by atoms with E-state index >= 15 is 0 Å². The number of hydrazone groups is 1. The van der Waals surface area contributed by atoms with Gasteiger partial charge in [-0.05, 0) is 18.2 Å². The van der Waals surface area contributed by atoms with Crippen molar-refractivity contribution in [3.63, 3.8) is 0 Å². The lowest BCUT2D eigenvalue weighted by Gasteiger charge is -2.07. The van der Waals surface area contributed by atoms with Crippen molar-refractivity contribution in [2.75, 3.05) is 6.61 Å². The number of nitro groups is 2. The third-order valence-corrected chi connectivity index (χ3v) is 3.69. The van der Waals surface area contributed by atoms with E-state index in [4.69, 9.17) is 27.9 Å². The molecule has 0 fully saturated rings. The summed E-state index contributed by atoms with van der Waals surface area (Å²) in [5.74, 6) is -1.35. The number of nitrogens with one attached hydrogen (secondary N) is 1. The Morgan fingerprint density at radius 1 is 1.21 bits per heavy atom. The summed E-state index contributed by atoms with van der Waals surface area (Å²) in [6.07, 6.45) is 0.822. The number of halogens is 2. The van der Waals surface area contributed by atoms with E-state index in [1.807, 2.05) is 5.43 Å². The van der Waals surface area contributed by atoms with Gasteiger partial charge in [0, 0.05) is 11.1 Å². The number of hydrogen-bond acceptors (Lipinski definition) is 8.